The zero-order valence-corrected chi connectivity index (χ0v) is 13.7. The molecule has 0 aliphatic rings. The van der Waals surface area contributed by atoms with E-state index in [9.17, 15) is 4.79 Å². The summed E-state index contributed by atoms with van der Waals surface area (Å²) >= 11 is 0. The van der Waals surface area contributed by atoms with Gasteiger partial charge in [0.1, 0.15) is 11.4 Å². The maximum atomic E-state index is 12.2. The van der Waals surface area contributed by atoms with Crippen LogP contribution in [0.1, 0.15) is 15.9 Å². The highest BCUT2D eigenvalue weighted by atomic mass is 16.5. The number of hydrogen-bond acceptors (Lipinski definition) is 3. The molecule has 1 heterocycles. The minimum absolute atomic E-state index is 0.153. The van der Waals surface area contributed by atoms with Crippen LogP contribution >= 0.6 is 0 Å². The second-order valence-electron chi connectivity index (χ2n) is 5.38. The molecular formula is C19H19N3O2. The van der Waals surface area contributed by atoms with E-state index in [1.807, 2.05) is 54.6 Å². The van der Waals surface area contributed by atoms with Crippen LogP contribution in [0.25, 0.3) is 11.3 Å². The summed E-state index contributed by atoms with van der Waals surface area (Å²) in [6.07, 6.45) is 1.78. The molecule has 0 aliphatic heterocycles. The Hall–Kier alpha value is -3.08. The van der Waals surface area contributed by atoms with Crippen LogP contribution in [0, 0.1) is 0 Å². The quantitative estimate of drug-likeness (QED) is 0.786. The summed E-state index contributed by atoms with van der Waals surface area (Å²) in [4.78, 5) is 12.2. The first-order valence-corrected chi connectivity index (χ1v) is 7.69. The van der Waals surface area contributed by atoms with Crippen molar-refractivity contribution in [3.8, 4) is 17.0 Å². The minimum Gasteiger partial charge on any atom is -0.497 e. The molecule has 0 saturated heterocycles. The average Bonchev–Trinajstić information content (AvgIpc) is 3.05. The molecule has 3 aromatic rings. The van der Waals surface area contributed by atoms with Crippen LogP contribution in [0.2, 0.25) is 0 Å². The topological polar surface area (TPSA) is 56.2 Å². The molecule has 0 saturated carbocycles. The molecule has 5 heteroatoms. The fourth-order valence-corrected chi connectivity index (χ4v) is 2.54. The van der Waals surface area contributed by atoms with Gasteiger partial charge in [-0.1, -0.05) is 30.3 Å². The Kier molecular flexibility index (Phi) is 4.61. The van der Waals surface area contributed by atoms with E-state index >= 15 is 0 Å². The lowest BCUT2D eigenvalue weighted by atomic mass is 10.1. The number of benzene rings is 2. The van der Waals surface area contributed by atoms with Crippen molar-refractivity contribution < 1.29 is 9.53 Å². The lowest BCUT2D eigenvalue weighted by molar-refractivity contribution is 0.0963. The van der Waals surface area contributed by atoms with Gasteiger partial charge in [-0.15, -0.1) is 0 Å². The van der Waals surface area contributed by atoms with Gasteiger partial charge >= 0.3 is 0 Å². The van der Waals surface area contributed by atoms with Crippen molar-refractivity contribution in [3.63, 3.8) is 0 Å². The van der Waals surface area contributed by atoms with Crippen molar-refractivity contribution in [1.82, 2.24) is 15.1 Å². The highest BCUT2D eigenvalue weighted by Gasteiger charge is 2.17. The van der Waals surface area contributed by atoms with E-state index in [1.54, 1.807) is 25.0 Å². The van der Waals surface area contributed by atoms with Crippen LogP contribution in [-0.4, -0.2) is 29.8 Å². The van der Waals surface area contributed by atoms with Crippen LogP contribution in [-0.2, 0) is 6.54 Å². The van der Waals surface area contributed by atoms with Crippen molar-refractivity contribution in [2.24, 2.45) is 0 Å². The minimum atomic E-state index is -0.153. The maximum Gasteiger partial charge on any atom is 0.254 e. The molecule has 0 radical (unpaired) electrons. The van der Waals surface area contributed by atoms with E-state index in [0.717, 1.165) is 16.9 Å². The summed E-state index contributed by atoms with van der Waals surface area (Å²) in [5.41, 5.74) is 3.22. The molecule has 1 N–H and O–H groups in total. The van der Waals surface area contributed by atoms with Crippen molar-refractivity contribution in [3.05, 3.63) is 71.9 Å². The van der Waals surface area contributed by atoms with Gasteiger partial charge in [-0.3, -0.25) is 9.48 Å². The number of aromatic nitrogens is 2. The lowest BCUT2D eigenvalue weighted by Crippen LogP contribution is -2.18. The van der Waals surface area contributed by atoms with Gasteiger partial charge in [-0.2, -0.15) is 5.10 Å². The monoisotopic (exact) mass is 321 g/mol. The lowest BCUT2D eigenvalue weighted by Gasteiger charge is -2.03. The first kappa shape index (κ1) is 15.8. The molecule has 0 fully saturated rings. The second kappa shape index (κ2) is 7.00. The molecule has 0 unspecified atom stereocenters. The molecule has 0 atom stereocenters. The molecule has 2 aromatic carbocycles. The van der Waals surface area contributed by atoms with Gasteiger partial charge in [-0.25, -0.2) is 0 Å². The zero-order valence-electron chi connectivity index (χ0n) is 13.7. The number of hydrogen-bond donors (Lipinski definition) is 1. The Balaban J connectivity index is 1.98. The summed E-state index contributed by atoms with van der Waals surface area (Å²) in [7, 11) is 3.24. The molecule has 122 valence electrons. The van der Waals surface area contributed by atoms with Crippen LogP contribution in [0.4, 0.5) is 0 Å². The number of carbonyl (C=O) groups excluding carboxylic acids is 1. The Labute approximate surface area is 140 Å². The smallest absolute Gasteiger partial charge is 0.254 e. The van der Waals surface area contributed by atoms with Gasteiger partial charge in [0.15, 0.2) is 0 Å². The van der Waals surface area contributed by atoms with Gasteiger partial charge in [0.2, 0.25) is 0 Å². The Morgan fingerprint density at radius 2 is 1.83 bits per heavy atom. The first-order valence-electron chi connectivity index (χ1n) is 7.69. The summed E-state index contributed by atoms with van der Waals surface area (Å²) in [6, 6.07) is 17.6. The number of nitrogens with one attached hydrogen (secondary N) is 1. The molecule has 1 aromatic heterocycles. The van der Waals surface area contributed by atoms with E-state index in [-0.39, 0.29) is 5.91 Å². The Bertz CT molecular complexity index is 824. The third-order valence-corrected chi connectivity index (χ3v) is 3.78. The molecule has 24 heavy (non-hydrogen) atoms. The second-order valence-corrected chi connectivity index (χ2v) is 5.38. The molecule has 5 nitrogen and oxygen atoms in total. The molecular weight excluding hydrogens is 302 g/mol. The number of amides is 1. The van der Waals surface area contributed by atoms with E-state index < -0.39 is 0 Å². The van der Waals surface area contributed by atoms with E-state index in [1.165, 1.54) is 0 Å². The molecule has 1 amide bonds. The first-order chi connectivity index (χ1) is 11.7. The van der Waals surface area contributed by atoms with Gasteiger partial charge in [-0.05, 0) is 29.8 Å². The fraction of sp³-hybridized carbons (Fsp3) is 0.158. The number of carbonyl (C=O) groups is 1. The van der Waals surface area contributed by atoms with Crippen molar-refractivity contribution in [2.45, 2.75) is 6.54 Å². The van der Waals surface area contributed by atoms with E-state index in [4.69, 9.17) is 4.74 Å². The third kappa shape index (κ3) is 3.30. The van der Waals surface area contributed by atoms with E-state index in [0.29, 0.717) is 17.8 Å². The molecule has 0 spiro atoms. The standard InChI is InChI=1S/C19H19N3O2/c1-20-19(23)17-13-22(12-14-6-4-3-5-7-14)21-18(17)15-8-10-16(24-2)11-9-15/h3-11,13H,12H2,1-2H3,(H,20,23). The highest BCUT2D eigenvalue weighted by Crippen LogP contribution is 2.25. The Morgan fingerprint density at radius 3 is 2.46 bits per heavy atom. The summed E-state index contributed by atoms with van der Waals surface area (Å²) in [5, 5.41) is 7.29. The van der Waals surface area contributed by atoms with E-state index in [2.05, 4.69) is 10.4 Å². The number of methoxy groups -OCH3 is 1. The van der Waals surface area contributed by atoms with Crippen LogP contribution in [0.15, 0.2) is 60.8 Å². The van der Waals surface area contributed by atoms with Crippen LogP contribution in [0.3, 0.4) is 0 Å². The van der Waals surface area contributed by atoms with Crippen molar-refractivity contribution in [2.75, 3.05) is 14.2 Å². The number of ether oxygens (including phenoxy) is 1. The highest BCUT2D eigenvalue weighted by molar-refractivity contribution is 5.99. The van der Waals surface area contributed by atoms with Gasteiger partial charge in [0.05, 0.1) is 19.2 Å². The zero-order chi connectivity index (χ0) is 16.9. The predicted molar refractivity (Wildman–Crippen MR) is 93.1 cm³/mol. The molecule has 3 rings (SSSR count). The SMILES string of the molecule is CNC(=O)c1cn(Cc2ccccc2)nc1-c1ccc(OC)cc1. The largest absolute Gasteiger partial charge is 0.497 e. The van der Waals surface area contributed by atoms with Gasteiger partial charge in [0.25, 0.3) is 5.91 Å². The molecule has 0 bridgehead atoms. The number of nitrogens with zero attached hydrogens (tertiary/aromatic N) is 2. The number of rotatable bonds is 5. The Morgan fingerprint density at radius 1 is 1.12 bits per heavy atom. The van der Waals surface area contributed by atoms with Gasteiger partial charge < -0.3 is 10.1 Å². The van der Waals surface area contributed by atoms with Crippen molar-refractivity contribution >= 4 is 5.91 Å². The van der Waals surface area contributed by atoms with Crippen LogP contribution in [0.5, 0.6) is 5.75 Å². The average molecular weight is 321 g/mol. The molecule has 0 aliphatic carbocycles. The van der Waals surface area contributed by atoms with Crippen LogP contribution < -0.4 is 10.1 Å². The normalized spacial score (nSPS) is 10.4. The summed E-state index contributed by atoms with van der Waals surface area (Å²) in [6.45, 7) is 0.612. The maximum absolute atomic E-state index is 12.2. The summed E-state index contributed by atoms with van der Waals surface area (Å²) < 4.78 is 6.97. The van der Waals surface area contributed by atoms with Crippen molar-refractivity contribution in [1.29, 1.82) is 0 Å². The fourth-order valence-electron chi connectivity index (χ4n) is 2.54. The predicted octanol–water partition coefficient (Wildman–Crippen LogP) is 2.97. The van der Waals surface area contributed by atoms with Gasteiger partial charge in [0, 0.05) is 18.8 Å². The third-order valence-electron chi connectivity index (χ3n) is 3.78. The summed E-state index contributed by atoms with van der Waals surface area (Å²) in [5.74, 6) is 0.615.